The van der Waals surface area contributed by atoms with Crippen molar-refractivity contribution < 1.29 is 9.53 Å². The minimum absolute atomic E-state index is 0.153. The zero-order valence-electron chi connectivity index (χ0n) is 14.3. The maximum Gasteiger partial charge on any atom is 0.254 e. The van der Waals surface area contributed by atoms with E-state index >= 15 is 0 Å². The molecule has 1 saturated carbocycles. The Kier molecular flexibility index (Phi) is 5.58. The number of benzene rings is 1. The van der Waals surface area contributed by atoms with Gasteiger partial charge in [-0.3, -0.25) is 4.79 Å². The highest BCUT2D eigenvalue weighted by atomic mass is 16.5. The van der Waals surface area contributed by atoms with E-state index in [0.717, 1.165) is 37.3 Å². The predicted molar refractivity (Wildman–Crippen MR) is 92.9 cm³/mol. The number of rotatable bonds is 4. The van der Waals surface area contributed by atoms with E-state index in [4.69, 9.17) is 4.74 Å². The summed E-state index contributed by atoms with van der Waals surface area (Å²) in [5.74, 6) is 1.68. The van der Waals surface area contributed by atoms with E-state index in [9.17, 15) is 4.79 Å². The van der Waals surface area contributed by atoms with Crippen LogP contribution in [0.5, 0.6) is 5.75 Å². The smallest absolute Gasteiger partial charge is 0.254 e. The average molecular weight is 315 g/mol. The molecule has 1 unspecified atom stereocenters. The topological polar surface area (TPSA) is 29.5 Å². The third-order valence-corrected chi connectivity index (χ3v) is 5.36. The van der Waals surface area contributed by atoms with E-state index in [0.29, 0.717) is 12.0 Å². The van der Waals surface area contributed by atoms with Crippen LogP contribution in [0.2, 0.25) is 0 Å². The van der Waals surface area contributed by atoms with Crippen molar-refractivity contribution in [1.29, 1.82) is 0 Å². The number of ether oxygens (including phenoxy) is 1. The molecule has 2 aliphatic rings. The molecule has 1 saturated heterocycles. The van der Waals surface area contributed by atoms with Gasteiger partial charge in [-0.15, -0.1) is 0 Å². The molecule has 126 valence electrons. The van der Waals surface area contributed by atoms with Gasteiger partial charge in [-0.2, -0.15) is 0 Å². The number of likely N-dealkylation sites (tertiary alicyclic amines) is 1. The molecule has 0 spiro atoms. The lowest BCUT2D eigenvalue weighted by atomic mass is 9.90. The van der Waals surface area contributed by atoms with Gasteiger partial charge in [-0.25, -0.2) is 0 Å². The molecular formula is C20H29NO2. The second-order valence-electron chi connectivity index (χ2n) is 7.19. The molecule has 0 bridgehead atoms. The third kappa shape index (κ3) is 4.27. The van der Waals surface area contributed by atoms with Crippen molar-refractivity contribution in [1.82, 2.24) is 4.90 Å². The van der Waals surface area contributed by atoms with Crippen molar-refractivity contribution in [3.8, 4) is 5.75 Å². The highest BCUT2D eigenvalue weighted by Gasteiger charge is 2.24. The molecule has 1 aromatic carbocycles. The lowest BCUT2D eigenvalue weighted by Crippen LogP contribution is -2.42. The molecule has 1 atom stereocenters. The SMILES string of the molecule is CC1CCCCN1C(=O)c1cccc(OCC2CCCCC2)c1. The van der Waals surface area contributed by atoms with Gasteiger partial charge in [0.25, 0.3) is 5.91 Å². The molecule has 2 fully saturated rings. The predicted octanol–water partition coefficient (Wildman–Crippen LogP) is 4.66. The van der Waals surface area contributed by atoms with E-state index < -0.39 is 0 Å². The number of piperidine rings is 1. The van der Waals surface area contributed by atoms with Crippen LogP contribution in [0, 0.1) is 5.92 Å². The fourth-order valence-corrected chi connectivity index (χ4v) is 3.85. The standard InChI is InChI=1S/C20H29NO2/c1-16-8-5-6-13-21(16)20(22)18-11-7-12-19(14-18)23-15-17-9-3-2-4-10-17/h7,11-12,14,16-17H,2-6,8-10,13,15H2,1H3. The molecule has 1 aliphatic heterocycles. The van der Waals surface area contributed by atoms with Gasteiger partial charge in [0.15, 0.2) is 0 Å². The molecule has 1 aromatic rings. The minimum Gasteiger partial charge on any atom is -0.493 e. The maximum atomic E-state index is 12.7. The summed E-state index contributed by atoms with van der Waals surface area (Å²) in [5, 5.41) is 0. The molecule has 0 N–H and O–H groups in total. The van der Waals surface area contributed by atoms with Crippen LogP contribution in [0.4, 0.5) is 0 Å². The van der Waals surface area contributed by atoms with Gasteiger partial charge in [0.05, 0.1) is 6.61 Å². The van der Waals surface area contributed by atoms with Crippen LogP contribution < -0.4 is 4.74 Å². The summed E-state index contributed by atoms with van der Waals surface area (Å²) in [7, 11) is 0. The Morgan fingerprint density at radius 3 is 2.70 bits per heavy atom. The van der Waals surface area contributed by atoms with E-state index in [1.165, 1.54) is 38.5 Å². The number of amides is 1. The second kappa shape index (κ2) is 7.85. The van der Waals surface area contributed by atoms with Crippen LogP contribution in [0.25, 0.3) is 0 Å². The number of carbonyl (C=O) groups excluding carboxylic acids is 1. The van der Waals surface area contributed by atoms with Gasteiger partial charge in [0.2, 0.25) is 0 Å². The van der Waals surface area contributed by atoms with Gasteiger partial charge in [0, 0.05) is 18.2 Å². The van der Waals surface area contributed by atoms with Crippen molar-refractivity contribution in [2.45, 2.75) is 64.3 Å². The van der Waals surface area contributed by atoms with Crippen molar-refractivity contribution in [3.05, 3.63) is 29.8 Å². The fourth-order valence-electron chi connectivity index (χ4n) is 3.85. The van der Waals surface area contributed by atoms with Gasteiger partial charge >= 0.3 is 0 Å². The van der Waals surface area contributed by atoms with E-state index in [1.807, 2.05) is 29.2 Å². The number of hydrogen-bond acceptors (Lipinski definition) is 2. The highest BCUT2D eigenvalue weighted by molar-refractivity contribution is 5.94. The van der Waals surface area contributed by atoms with Crippen LogP contribution in [-0.2, 0) is 0 Å². The van der Waals surface area contributed by atoms with Crippen LogP contribution in [0.3, 0.4) is 0 Å². The normalized spacial score (nSPS) is 22.8. The quantitative estimate of drug-likeness (QED) is 0.808. The first kappa shape index (κ1) is 16.4. The second-order valence-corrected chi connectivity index (χ2v) is 7.19. The first-order valence-electron chi connectivity index (χ1n) is 9.28. The van der Waals surface area contributed by atoms with Gasteiger partial charge in [-0.05, 0) is 63.1 Å². The van der Waals surface area contributed by atoms with Crippen molar-refractivity contribution >= 4 is 5.91 Å². The molecule has 1 heterocycles. The van der Waals surface area contributed by atoms with Gasteiger partial charge in [-0.1, -0.05) is 25.3 Å². The van der Waals surface area contributed by atoms with E-state index in [-0.39, 0.29) is 5.91 Å². The van der Waals surface area contributed by atoms with Crippen molar-refractivity contribution in [3.63, 3.8) is 0 Å². The molecule has 1 amide bonds. The number of hydrogen-bond donors (Lipinski definition) is 0. The summed E-state index contributed by atoms with van der Waals surface area (Å²) >= 11 is 0. The molecule has 3 heteroatoms. The van der Waals surface area contributed by atoms with Gasteiger partial charge in [0.1, 0.15) is 5.75 Å². The molecule has 3 rings (SSSR count). The van der Waals surface area contributed by atoms with E-state index in [1.54, 1.807) is 0 Å². The summed E-state index contributed by atoms with van der Waals surface area (Å²) in [6, 6.07) is 8.10. The summed E-state index contributed by atoms with van der Waals surface area (Å²) in [4.78, 5) is 14.8. The molecule has 3 nitrogen and oxygen atoms in total. The number of carbonyl (C=O) groups is 1. The third-order valence-electron chi connectivity index (χ3n) is 5.36. The van der Waals surface area contributed by atoms with Crippen LogP contribution in [0.1, 0.15) is 68.6 Å². The highest BCUT2D eigenvalue weighted by Crippen LogP contribution is 2.25. The molecular weight excluding hydrogens is 286 g/mol. The zero-order valence-corrected chi connectivity index (χ0v) is 14.3. The number of nitrogens with zero attached hydrogens (tertiary/aromatic N) is 1. The first-order chi connectivity index (χ1) is 11.2. The summed E-state index contributed by atoms with van der Waals surface area (Å²) in [6.07, 6.45) is 10.1. The molecule has 0 radical (unpaired) electrons. The largest absolute Gasteiger partial charge is 0.493 e. The van der Waals surface area contributed by atoms with Crippen LogP contribution >= 0.6 is 0 Å². The lowest BCUT2D eigenvalue weighted by Gasteiger charge is -2.33. The molecule has 23 heavy (non-hydrogen) atoms. The Labute approximate surface area is 140 Å². The van der Waals surface area contributed by atoms with Crippen molar-refractivity contribution in [2.24, 2.45) is 5.92 Å². The minimum atomic E-state index is 0.153. The zero-order chi connectivity index (χ0) is 16.1. The molecule has 1 aliphatic carbocycles. The Morgan fingerprint density at radius 2 is 1.91 bits per heavy atom. The van der Waals surface area contributed by atoms with Crippen LogP contribution in [0.15, 0.2) is 24.3 Å². The maximum absolute atomic E-state index is 12.7. The summed E-state index contributed by atoms with van der Waals surface area (Å²) in [6.45, 7) is 3.82. The fraction of sp³-hybridized carbons (Fsp3) is 0.650. The van der Waals surface area contributed by atoms with E-state index in [2.05, 4.69) is 6.92 Å². The Hall–Kier alpha value is -1.51. The monoisotopic (exact) mass is 315 g/mol. The summed E-state index contributed by atoms with van der Waals surface area (Å²) in [5.41, 5.74) is 0.764. The summed E-state index contributed by atoms with van der Waals surface area (Å²) < 4.78 is 5.98. The Balaban J connectivity index is 1.61. The van der Waals surface area contributed by atoms with Gasteiger partial charge < -0.3 is 9.64 Å². The Morgan fingerprint density at radius 1 is 1.13 bits per heavy atom. The van der Waals surface area contributed by atoms with Crippen LogP contribution in [-0.4, -0.2) is 30.0 Å². The lowest BCUT2D eigenvalue weighted by molar-refractivity contribution is 0.0635. The van der Waals surface area contributed by atoms with Crippen molar-refractivity contribution in [2.75, 3.05) is 13.2 Å². The molecule has 0 aromatic heterocycles. The first-order valence-corrected chi connectivity index (χ1v) is 9.28. The average Bonchev–Trinajstić information content (AvgIpc) is 2.61. The Bertz CT molecular complexity index is 522.